The lowest BCUT2D eigenvalue weighted by Gasteiger charge is -2.31. The van der Waals surface area contributed by atoms with E-state index < -0.39 is 5.91 Å². The summed E-state index contributed by atoms with van der Waals surface area (Å²) in [6.45, 7) is 5.72. The van der Waals surface area contributed by atoms with Crippen molar-refractivity contribution >= 4 is 23.4 Å². The minimum absolute atomic E-state index is 0.325. The Balaban J connectivity index is 1.43. The van der Waals surface area contributed by atoms with Crippen molar-refractivity contribution in [2.75, 3.05) is 30.3 Å². The predicted octanol–water partition coefficient (Wildman–Crippen LogP) is 3.09. The van der Waals surface area contributed by atoms with Gasteiger partial charge in [0.05, 0.1) is 5.56 Å². The summed E-state index contributed by atoms with van der Waals surface area (Å²) >= 11 is 0. The minimum atomic E-state index is -0.520. The van der Waals surface area contributed by atoms with Crippen molar-refractivity contribution in [1.29, 1.82) is 0 Å². The van der Waals surface area contributed by atoms with Crippen LogP contribution in [0.5, 0.6) is 0 Å². The van der Waals surface area contributed by atoms with Gasteiger partial charge in [-0.05, 0) is 68.9 Å². The third-order valence-electron chi connectivity index (χ3n) is 5.65. The summed E-state index contributed by atoms with van der Waals surface area (Å²) in [7, 11) is 0. The average molecular weight is 380 g/mol. The van der Waals surface area contributed by atoms with Gasteiger partial charge in [0.25, 0.3) is 5.91 Å². The van der Waals surface area contributed by atoms with Gasteiger partial charge in [-0.3, -0.25) is 4.79 Å². The summed E-state index contributed by atoms with van der Waals surface area (Å²) in [5.74, 6) is 1.08. The van der Waals surface area contributed by atoms with Crippen LogP contribution in [0.4, 0.5) is 17.5 Å². The summed E-state index contributed by atoms with van der Waals surface area (Å²) in [6, 6.07) is 8.90. The number of aromatic nitrogens is 2. The molecule has 7 heteroatoms. The lowest BCUT2D eigenvalue weighted by molar-refractivity contribution is 0.100. The van der Waals surface area contributed by atoms with E-state index in [1.54, 1.807) is 0 Å². The number of nitrogens with zero attached hydrogens (tertiary/aromatic N) is 3. The number of piperidine rings is 1. The molecule has 2 aromatic rings. The highest BCUT2D eigenvalue weighted by Gasteiger charge is 2.24. The topological polar surface area (TPSA) is 96.2 Å². The van der Waals surface area contributed by atoms with Gasteiger partial charge in [-0.15, -0.1) is 0 Å². The van der Waals surface area contributed by atoms with E-state index in [2.05, 4.69) is 56.7 Å². The Labute approximate surface area is 165 Å². The molecule has 1 aromatic carbocycles. The fourth-order valence-corrected chi connectivity index (χ4v) is 3.70. The molecule has 1 saturated heterocycles. The third-order valence-corrected chi connectivity index (χ3v) is 5.65. The molecule has 1 amide bonds. The second kappa shape index (κ2) is 8.14. The fraction of sp³-hybridized carbons (Fsp3) is 0.476. The van der Waals surface area contributed by atoms with E-state index in [1.807, 2.05) is 0 Å². The number of hydrogen-bond acceptors (Lipinski definition) is 6. The predicted molar refractivity (Wildman–Crippen MR) is 111 cm³/mol. The number of benzene rings is 1. The first-order chi connectivity index (χ1) is 13.6. The number of carbonyl (C=O) groups excluding carboxylic acids is 1. The third kappa shape index (κ3) is 4.42. The SMILES string of the molecule is CCN1CCC(c2ccc(Nc3ncc(C(N)=O)c(NC4CC4)n3)cc2)CC1. The van der Waals surface area contributed by atoms with Gasteiger partial charge in [-0.2, -0.15) is 4.98 Å². The largest absolute Gasteiger partial charge is 0.367 e. The summed E-state index contributed by atoms with van der Waals surface area (Å²) < 4.78 is 0. The van der Waals surface area contributed by atoms with Crippen molar-refractivity contribution in [1.82, 2.24) is 14.9 Å². The zero-order valence-corrected chi connectivity index (χ0v) is 16.3. The van der Waals surface area contributed by atoms with Gasteiger partial charge in [0.15, 0.2) is 0 Å². The number of nitrogens with one attached hydrogen (secondary N) is 2. The number of amides is 1. The second-order valence-corrected chi connectivity index (χ2v) is 7.69. The monoisotopic (exact) mass is 380 g/mol. The maximum atomic E-state index is 11.6. The number of carbonyl (C=O) groups is 1. The average Bonchev–Trinajstić information content (AvgIpc) is 3.53. The zero-order chi connectivity index (χ0) is 19.5. The number of rotatable bonds is 7. The maximum Gasteiger partial charge on any atom is 0.254 e. The van der Waals surface area contributed by atoms with Crippen LogP contribution < -0.4 is 16.4 Å². The Morgan fingerprint density at radius 1 is 1.18 bits per heavy atom. The molecule has 0 spiro atoms. The molecule has 0 atom stereocenters. The zero-order valence-electron chi connectivity index (χ0n) is 16.3. The molecule has 1 aromatic heterocycles. The van der Waals surface area contributed by atoms with E-state index in [0.717, 1.165) is 25.1 Å². The van der Waals surface area contributed by atoms with Crippen LogP contribution in [0.2, 0.25) is 0 Å². The number of hydrogen-bond donors (Lipinski definition) is 3. The van der Waals surface area contributed by atoms with Crippen LogP contribution in [-0.4, -0.2) is 46.5 Å². The van der Waals surface area contributed by atoms with Gasteiger partial charge >= 0.3 is 0 Å². The van der Waals surface area contributed by atoms with Crippen LogP contribution in [0.25, 0.3) is 0 Å². The van der Waals surface area contributed by atoms with Crippen LogP contribution in [-0.2, 0) is 0 Å². The first-order valence-corrected chi connectivity index (χ1v) is 10.1. The first-order valence-electron chi connectivity index (χ1n) is 10.1. The van der Waals surface area contributed by atoms with Gasteiger partial charge in [-0.1, -0.05) is 19.1 Å². The Morgan fingerprint density at radius 2 is 1.89 bits per heavy atom. The lowest BCUT2D eigenvalue weighted by atomic mass is 9.89. The molecule has 7 nitrogen and oxygen atoms in total. The molecule has 4 rings (SSSR count). The summed E-state index contributed by atoms with van der Waals surface area (Å²) in [4.78, 5) is 22.8. The normalized spacial score (nSPS) is 18.0. The smallest absolute Gasteiger partial charge is 0.254 e. The van der Waals surface area contributed by atoms with Gasteiger partial charge in [0.1, 0.15) is 5.82 Å². The molecule has 2 heterocycles. The van der Waals surface area contributed by atoms with E-state index in [9.17, 15) is 4.79 Å². The van der Waals surface area contributed by atoms with Crippen LogP contribution in [0, 0.1) is 0 Å². The van der Waals surface area contributed by atoms with Crippen molar-refractivity contribution in [2.45, 2.75) is 44.6 Å². The number of likely N-dealkylation sites (tertiary alicyclic amines) is 1. The molecule has 2 fully saturated rings. The van der Waals surface area contributed by atoms with Crippen LogP contribution in [0.3, 0.4) is 0 Å². The summed E-state index contributed by atoms with van der Waals surface area (Å²) in [6.07, 6.45) is 6.09. The maximum absolute atomic E-state index is 11.6. The van der Waals surface area contributed by atoms with Crippen LogP contribution in [0.1, 0.15) is 54.4 Å². The molecule has 148 valence electrons. The van der Waals surface area contributed by atoms with E-state index in [0.29, 0.717) is 29.3 Å². The molecular weight excluding hydrogens is 352 g/mol. The van der Waals surface area contributed by atoms with Crippen LogP contribution >= 0.6 is 0 Å². The molecule has 0 bridgehead atoms. The Bertz CT molecular complexity index is 825. The molecule has 4 N–H and O–H groups in total. The molecular formula is C21H28N6O. The van der Waals surface area contributed by atoms with Gasteiger partial charge in [0, 0.05) is 17.9 Å². The van der Waals surface area contributed by atoms with Gasteiger partial charge < -0.3 is 21.3 Å². The Morgan fingerprint density at radius 3 is 2.50 bits per heavy atom. The summed E-state index contributed by atoms with van der Waals surface area (Å²) in [5.41, 5.74) is 8.08. The quantitative estimate of drug-likeness (QED) is 0.683. The minimum Gasteiger partial charge on any atom is -0.367 e. The van der Waals surface area contributed by atoms with E-state index in [-0.39, 0.29) is 0 Å². The molecule has 0 unspecified atom stereocenters. The van der Waals surface area contributed by atoms with Crippen molar-refractivity contribution in [3.63, 3.8) is 0 Å². The highest BCUT2D eigenvalue weighted by molar-refractivity contribution is 5.97. The number of nitrogens with two attached hydrogens (primary N) is 1. The molecule has 1 saturated carbocycles. The lowest BCUT2D eigenvalue weighted by Crippen LogP contribution is -2.32. The van der Waals surface area contributed by atoms with Crippen molar-refractivity contribution in [2.24, 2.45) is 5.73 Å². The fourth-order valence-electron chi connectivity index (χ4n) is 3.70. The van der Waals surface area contributed by atoms with E-state index in [4.69, 9.17) is 5.73 Å². The van der Waals surface area contributed by atoms with Crippen molar-refractivity contribution < 1.29 is 4.79 Å². The summed E-state index contributed by atoms with van der Waals surface area (Å²) in [5, 5.41) is 6.48. The number of anilines is 3. The van der Waals surface area contributed by atoms with Crippen molar-refractivity contribution in [3.8, 4) is 0 Å². The Hall–Kier alpha value is -2.67. The van der Waals surface area contributed by atoms with Gasteiger partial charge in [-0.25, -0.2) is 4.98 Å². The first kappa shape index (κ1) is 18.7. The second-order valence-electron chi connectivity index (χ2n) is 7.69. The van der Waals surface area contributed by atoms with Gasteiger partial charge in [0.2, 0.25) is 5.95 Å². The van der Waals surface area contributed by atoms with Crippen LogP contribution in [0.15, 0.2) is 30.5 Å². The molecule has 1 aliphatic heterocycles. The Kier molecular flexibility index (Phi) is 5.43. The van der Waals surface area contributed by atoms with E-state index in [1.165, 1.54) is 37.7 Å². The van der Waals surface area contributed by atoms with E-state index >= 15 is 0 Å². The number of primary amides is 1. The highest BCUT2D eigenvalue weighted by Crippen LogP contribution is 2.30. The highest BCUT2D eigenvalue weighted by atomic mass is 16.1. The molecule has 0 radical (unpaired) electrons. The molecule has 1 aliphatic carbocycles. The molecule has 2 aliphatic rings. The molecule has 28 heavy (non-hydrogen) atoms. The van der Waals surface area contributed by atoms with Crippen molar-refractivity contribution in [3.05, 3.63) is 41.6 Å². The standard InChI is InChI=1S/C21H28N6O/c1-2-27-11-9-15(10-12-27)14-3-5-17(6-4-14)25-21-23-13-18(19(22)28)20(26-21)24-16-7-8-16/h3-6,13,15-16H,2,7-12H2,1H3,(H2,22,28)(H2,23,24,25,26).